The average molecular weight is 381 g/mol. The first-order valence-corrected chi connectivity index (χ1v) is 9.01. The van der Waals surface area contributed by atoms with Gasteiger partial charge in [0.15, 0.2) is 11.5 Å². The summed E-state index contributed by atoms with van der Waals surface area (Å²) in [6.45, 7) is 0.861. The van der Waals surface area contributed by atoms with Gasteiger partial charge in [0.2, 0.25) is 5.75 Å². The molecule has 0 saturated heterocycles. The van der Waals surface area contributed by atoms with Crippen LogP contribution in [0.5, 0.6) is 23.0 Å². The average Bonchev–Trinajstić information content (AvgIpc) is 3.35. The molecule has 0 fully saturated rings. The molecule has 1 aliphatic heterocycles. The van der Waals surface area contributed by atoms with Gasteiger partial charge in [0.1, 0.15) is 17.3 Å². The third-order valence-electron chi connectivity index (χ3n) is 4.90. The van der Waals surface area contributed by atoms with Crippen molar-refractivity contribution in [1.29, 1.82) is 0 Å². The predicted octanol–water partition coefficient (Wildman–Crippen LogP) is 3.54. The second-order valence-electron chi connectivity index (χ2n) is 6.35. The number of nitrogens with one attached hydrogen (secondary N) is 1. The summed E-state index contributed by atoms with van der Waals surface area (Å²) in [5, 5.41) is 8.36. The number of methoxy groups -OCH3 is 4. The number of hydrogen-bond donors (Lipinski definition) is 1. The fourth-order valence-electron chi connectivity index (χ4n) is 3.60. The van der Waals surface area contributed by atoms with Gasteiger partial charge in [0.25, 0.3) is 0 Å². The number of para-hydroxylation sites is 2. The van der Waals surface area contributed by atoms with Gasteiger partial charge in [-0.15, -0.1) is 0 Å². The summed E-state index contributed by atoms with van der Waals surface area (Å²) in [5.74, 6) is 3.51. The Morgan fingerprint density at radius 3 is 2.21 bits per heavy atom. The minimum Gasteiger partial charge on any atom is -0.494 e. The van der Waals surface area contributed by atoms with E-state index in [0.717, 1.165) is 47.0 Å². The van der Waals surface area contributed by atoms with E-state index < -0.39 is 0 Å². The Hall–Kier alpha value is -3.35. The Morgan fingerprint density at radius 2 is 1.57 bits per heavy atom. The van der Waals surface area contributed by atoms with Crippen molar-refractivity contribution in [2.24, 2.45) is 0 Å². The smallest absolute Gasteiger partial charge is 0.203 e. The second kappa shape index (κ2) is 7.34. The lowest BCUT2D eigenvalue weighted by Crippen LogP contribution is -2.05. The maximum Gasteiger partial charge on any atom is 0.203 e. The predicted molar refractivity (Wildman–Crippen MR) is 107 cm³/mol. The van der Waals surface area contributed by atoms with Gasteiger partial charge in [-0.2, -0.15) is 5.10 Å². The van der Waals surface area contributed by atoms with Crippen LogP contribution in [-0.4, -0.2) is 44.8 Å². The van der Waals surface area contributed by atoms with Crippen molar-refractivity contribution in [3.05, 3.63) is 42.0 Å². The third-order valence-corrected chi connectivity index (χ3v) is 4.90. The Labute approximate surface area is 163 Å². The maximum absolute atomic E-state index is 5.53. The Kier molecular flexibility index (Phi) is 4.73. The highest BCUT2D eigenvalue weighted by molar-refractivity contribution is 5.76. The fraction of sp³-hybridized carbons (Fsp3) is 0.286. The van der Waals surface area contributed by atoms with Gasteiger partial charge < -0.3 is 24.3 Å². The topological polar surface area (TPSA) is 66.8 Å². The molecule has 0 amide bonds. The van der Waals surface area contributed by atoms with Crippen LogP contribution in [0.3, 0.4) is 0 Å². The highest BCUT2D eigenvalue weighted by atomic mass is 16.5. The maximum atomic E-state index is 5.53. The van der Waals surface area contributed by atoms with Crippen LogP contribution in [0.15, 0.2) is 36.4 Å². The van der Waals surface area contributed by atoms with Gasteiger partial charge in [-0.3, -0.25) is 0 Å². The van der Waals surface area contributed by atoms with Crippen molar-refractivity contribution in [2.75, 3.05) is 40.3 Å². The van der Waals surface area contributed by atoms with Crippen LogP contribution in [0.25, 0.3) is 16.9 Å². The molecule has 1 aromatic heterocycles. The van der Waals surface area contributed by atoms with Crippen molar-refractivity contribution in [2.45, 2.75) is 6.42 Å². The summed E-state index contributed by atoms with van der Waals surface area (Å²) >= 11 is 0. The molecule has 146 valence electrons. The number of fused-ring (bicyclic) bond motifs is 1. The minimum atomic E-state index is 0.563. The van der Waals surface area contributed by atoms with Crippen molar-refractivity contribution < 1.29 is 18.9 Å². The Bertz CT molecular complexity index is 988. The largest absolute Gasteiger partial charge is 0.494 e. The molecule has 3 aromatic rings. The van der Waals surface area contributed by atoms with Crippen LogP contribution >= 0.6 is 0 Å². The van der Waals surface area contributed by atoms with E-state index >= 15 is 0 Å². The zero-order valence-electron chi connectivity index (χ0n) is 16.4. The molecule has 0 aliphatic carbocycles. The minimum absolute atomic E-state index is 0.563. The van der Waals surface area contributed by atoms with E-state index in [2.05, 4.69) is 5.32 Å². The SMILES string of the molecule is COc1ccccc1-n1nc(-c2cc(OC)c(OC)c(OC)c2)c2c1NCC2. The monoisotopic (exact) mass is 381 g/mol. The van der Waals surface area contributed by atoms with E-state index in [4.69, 9.17) is 24.0 Å². The zero-order chi connectivity index (χ0) is 19.7. The quantitative estimate of drug-likeness (QED) is 0.704. The summed E-state index contributed by atoms with van der Waals surface area (Å²) in [5.41, 5.74) is 3.82. The van der Waals surface area contributed by atoms with E-state index in [1.54, 1.807) is 28.4 Å². The summed E-state index contributed by atoms with van der Waals surface area (Å²) in [7, 11) is 6.48. The van der Waals surface area contributed by atoms with Gasteiger partial charge >= 0.3 is 0 Å². The molecule has 1 N–H and O–H groups in total. The summed E-state index contributed by atoms with van der Waals surface area (Å²) < 4.78 is 23.9. The molecule has 0 spiro atoms. The van der Waals surface area contributed by atoms with Crippen molar-refractivity contribution in [1.82, 2.24) is 9.78 Å². The number of ether oxygens (including phenoxy) is 4. The van der Waals surface area contributed by atoms with Crippen LogP contribution in [0, 0.1) is 0 Å². The van der Waals surface area contributed by atoms with E-state index in [1.165, 1.54) is 0 Å². The molecule has 0 atom stereocenters. The molecule has 0 unspecified atom stereocenters. The highest BCUT2D eigenvalue weighted by Crippen LogP contribution is 2.43. The molecule has 1 aliphatic rings. The molecule has 2 aromatic carbocycles. The van der Waals surface area contributed by atoms with Gasteiger partial charge in [0, 0.05) is 17.7 Å². The van der Waals surface area contributed by atoms with Gasteiger partial charge in [-0.25, -0.2) is 4.68 Å². The standard InChI is InChI=1S/C21H23N3O4/c1-25-16-8-6-5-7-15(16)24-21-14(9-10-22-21)19(23-24)13-11-17(26-2)20(28-4)18(12-13)27-3/h5-8,11-12,22H,9-10H2,1-4H3. The molecule has 2 heterocycles. The molecule has 7 nitrogen and oxygen atoms in total. The molecular weight excluding hydrogens is 358 g/mol. The summed E-state index contributed by atoms with van der Waals surface area (Å²) in [4.78, 5) is 0. The molecule has 0 bridgehead atoms. The van der Waals surface area contributed by atoms with E-state index in [-0.39, 0.29) is 0 Å². The normalized spacial score (nSPS) is 12.3. The van der Waals surface area contributed by atoms with Crippen LogP contribution in [-0.2, 0) is 6.42 Å². The number of rotatable bonds is 6. The third kappa shape index (κ3) is 2.79. The number of nitrogens with zero attached hydrogens (tertiary/aromatic N) is 2. The number of aromatic nitrogens is 2. The number of hydrogen-bond acceptors (Lipinski definition) is 6. The molecule has 28 heavy (non-hydrogen) atoms. The van der Waals surface area contributed by atoms with Crippen molar-refractivity contribution in [3.63, 3.8) is 0 Å². The molecular formula is C21H23N3O4. The molecule has 4 rings (SSSR count). The highest BCUT2D eigenvalue weighted by Gasteiger charge is 2.26. The van der Waals surface area contributed by atoms with E-state index in [9.17, 15) is 0 Å². The van der Waals surface area contributed by atoms with Crippen LogP contribution in [0.4, 0.5) is 5.82 Å². The van der Waals surface area contributed by atoms with Crippen molar-refractivity contribution in [3.8, 4) is 39.9 Å². The Morgan fingerprint density at radius 1 is 0.893 bits per heavy atom. The first-order chi connectivity index (χ1) is 13.7. The van der Waals surface area contributed by atoms with Crippen LogP contribution in [0.2, 0.25) is 0 Å². The first-order valence-electron chi connectivity index (χ1n) is 9.01. The summed E-state index contributed by atoms with van der Waals surface area (Å²) in [6.07, 6.45) is 0.885. The van der Waals surface area contributed by atoms with Crippen molar-refractivity contribution >= 4 is 5.82 Å². The number of benzene rings is 2. The van der Waals surface area contributed by atoms with Crippen LogP contribution in [0.1, 0.15) is 5.56 Å². The Balaban J connectivity index is 1.91. The summed E-state index contributed by atoms with van der Waals surface area (Å²) in [6, 6.07) is 11.7. The van der Waals surface area contributed by atoms with Gasteiger partial charge in [-0.1, -0.05) is 12.1 Å². The molecule has 0 radical (unpaired) electrons. The first kappa shape index (κ1) is 18.0. The lowest BCUT2D eigenvalue weighted by molar-refractivity contribution is 0.324. The van der Waals surface area contributed by atoms with Gasteiger partial charge in [-0.05, 0) is 30.7 Å². The molecule has 0 saturated carbocycles. The van der Waals surface area contributed by atoms with Crippen LogP contribution < -0.4 is 24.3 Å². The van der Waals surface area contributed by atoms with E-state index in [1.807, 2.05) is 41.1 Å². The fourth-order valence-corrected chi connectivity index (χ4v) is 3.60. The van der Waals surface area contributed by atoms with Gasteiger partial charge in [0.05, 0.1) is 34.1 Å². The lowest BCUT2D eigenvalue weighted by Gasteiger charge is -2.14. The van der Waals surface area contributed by atoms with E-state index in [0.29, 0.717) is 17.2 Å². The number of anilines is 1. The molecule has 7 heteroatoms. The zero-order valence-corrected chi connectivity index (χ0v) is 16.4. The second-order valence-corrected chi connectivity index (χ2v) is 6.35. The lowest BCUT2D eigenvalue weighted by atomic mass is 10.1.